The highest BCUT2D eigenvalue weighted by Gasteiger charge is 2.17. The molecule has 19 heavy (non-hydrogen) atoms. The summed E-state index contributed by atoms with van der Waals surface area (Å²) < 4.78 is 2.12. The van der Waals surface area contributed by atoms with Crippen LogP contribution in [-0.2, 0) is 6.54 Å². The summed E-state index contributed by atoms with van der Waals surface area (Å²) in [6.07, 6.45) is 0. The maximum Gasteiger partial charge on any atom is 0.337 e. The third-order valence-electron chi connectivity index (χ3n) is 3.16. The van der Waals surface area contributed by atoms with Gasteiger partial charge in [-0.05, 0) is 40.1 Å². The number of rotatable bonds is 4. The second-order valence-electron chi connectivity index (χ2n) is 5.39. The Morgan fingerprint density at radius 1 is 1.37 bits per heavy atom. The summed E-state index contributed by atoms with van der Waals surface area (Å²) in [6, 6.07) is 7.76. The van der Waals surface area contributed by atoms with Crippen LogP contribution in [0.5, 0.6) is 0 Å². The Balaban J connectivity index is 2.75. The van der Waals surface area contributed by atoms with Crippen molar-refractivity contribution in [3.63, 3.8) is 0 Å². The lowest BCUT2D eigenvalue weighted by atomic mass is 10.1. The number of aromatic nitrogens is 1. The van der Waals surface area contributed by atoms with Gasteiger partial charge >= 0.3 is 5.97 Å². The Morgan fingerprint density at radius 3 is 2.58 bits per heavy atom. The number of fused-ring (bicyclic) bond motifs is 1. The highest BCUT2D eigenvalue weighted by Crippen LogP contribution is 2.27. The molecule has 4 heteroatoms. The van der Waals surface area contributed by atoms with Crippen LogP contribution in [0.25, 0.3) is 10.9 Å². The molecule has 102 valence electrons. The zero-order chi connectivity index (χ0) is 14.2. The van der Waals surface area contributed by atoms with Crippen LogP contribution in [-0.4, -0.2) is 34.6 Å². The van der Waals surface area contributed by atoms with E-state index in [1.807, 2.05) is 20.2 Å². The van der Waals surface area contributed by atoms with Crippen LogP contribution >= 0.6 is 0 Å². The van der Waals surface area contributed by atoms with Crippen LogP contribution in [0.3, 0.4) is 0 Å². The second kappa shape index (κ2) is 5.05. The average molecular weight is 260 g/mol. The minimum Gasteiger partial charge on any atom is -0.478 e. The van der Waals surface area contributed by atoms with E-state index in [0.717, 1.165) is 23.1 Å². The molecule has 0 aliphatic rings. The zero-order valence-electron chi connectivity index (χ0n) is 11.8. The first-order valence-corrected chi connectivity index (χ1v) is 6.42. The van der Waals surface area contributed by atoms with Crippen molar-refractivity contribution >= 4 is 16.9 Å². The van der Waals surface area contributed by atoms with Gasteiger partial charge < -0.3 is 14.6 Å². The first-order valence-electron chi connectivity index (χ1n) is 6.42. The summed E-state index contributed by atoms with van der Waals surface area (Å²) in [5.41, 5.74) is 2.33. The number of aromatic carboxylic acids is 1. The minimum absolute atomic E-state index is 0.230. The lowest BCUT2D eigenvalue weighted by Gasteiger charge is -2.18. The van der Waals surface area contributed by atoms with Crippen molar-refractivity contribution in [3.05, 3.63) is 35.5 Å². The standard InChI is InChI=1S/C15H20N2O2/c1-10(2)17-12(9-16(3)4)8-11-6-5-7-13(14(11)17)15(18)19/h5-8,10H,9H2,1-4H3,(H,18,19). The van der Waals surface area contributed by atoms with Crippen molar-refractivity contribution in [2.75, 3.05) is 14.1 Å². The third kappa shape index (κ3) is 2.49. The molecule has 0 saturated heterocycles. The Hall–Kier alpha value is -1.81. The van der Waals surface area contributed by atoms with Gasteiger partial charge in [0.05, 0.1) is 11.1 Å². The van der Waals surface area contributed by atoms with Gasteiger partial charge in [-0.15, -0.1) is 0 Å². The van der Waals surface area contributed by atoms with Crippen LogP contribution in [0.1, 0.15) is 35.9 Å². The van der Waals surface area contributed by atoms with E-state index in [1.165, 1.54) is 0 Å². The van der Waals surface area contributed by atoms with Gasteiger partial charge in [0.15, 0.2) is 0 Å². The summed E-state index contributed by atoms with van der Waals surface area (Å²) in [6.45, 7) is 4.96. The molecule has 0 radical (unpaired) electrons. The van der Waals surface area contributed by atoms with Crippen molar-refractivity contribution in [1.29, 1.82) is 0 Å². The van der Waals surface area contributed by atoms with Crippen LogP contribution < -0.4 is 0 Å². The summed E-state index contributed by atoms with van der Waals surface area (Å²) in [4.78, 5) is 13.5. The van der Waals surface area contributed by atoms with E-state index in [0.29, 0.717) is 5.56 Å². The SMILES string of the molecule is CC(C)n1c(CN(C)C)cc2cccc(C(=O)O)c21. The molecule has 0 unspecified atom stereocenters. The quantitative estimate of drug-likeness (QED) is 0.919. The van der Waals surface area contributed by atoms with Crippen molar-refractivity contribution in [1.82, 2.24) is 9.47 Å². The van der Waals surface area contributed by atoms with E-state index < -0.39 is 5.97 Å². The number of nitrogens with zero attached hydrogens (tertiary/aromatic N) is 2. The number of benzene rings is 1. The molecule has 0 saturated carbocycles. The van der Waals surface area contributed by atoms with E-state index >= 15 is 0 Å². The highest BCUT2D eigenvalue weighted by atomic mass is 16.4. The molecule has 0 spiro atoms. The Labute approximate surface area is 113 Å². The Morgan fingerprint density at radius 2 is 2.05 bits per heavy atom. The highest BCUT2D eigenvalue weighted by molar-refractivity contribution is 6.02. The smallest absolute Gasteiger partial charge is 0.337 e. The van der Waals surface area contributed by atoms with E-state index in [4.69, 9.17) is 0 Å². The normalized spacial score (nSPS) is 11.7. The summed E-state index contributed by atoms with van der Waals surface area (Å²) in [7, 11) is 4.03. The van der Waals surface area contributed by atoms with Gasteiger partial charge in [0.25, 0.3) is 0 Å². The van der Waals surface area contributed by atoms with Gasteiger partial charge in [0.2, 0.25) is 0 Å². The number of hydrogen-bond donors (Lipinski definition) is 1. The Kier molecular flexibility index (Phi) is 3.62. The number of hydrogen-bond acceptors (Lipinski definition) is 2. The molecular weight excluding hydrogens is 240 g/mol. The molecule has 4 nitrogen and oxygen atoms in total. The predicted molar refractivity (Wildman–Crippen MR) is 76.7 cm³/mol. The van der Waals surface area contributed by atoms with Crippen LogP contribution in [0, 0.1) is 0 Å². The third-order valence-corrected chi connectivity index (χ3v) is 3.16. The molecule has 1 aromatic heterocycles. The molecule has 1 heterocycles. The van der Waals surface area contributed by atoms with Gasteiger partial charge in [-0.1, -0.05) is 12.1 Å². The minimum atomic E-state index is -0.873. The van der Waals surface area contributed by atoms with Gasteiger partial charge in [-0.25, -0.2) is 4.79 Å². The molecule has 0 aliphatic carbocycles. The molecule has 0 fully saturated rings. The molecule has 1 aromatic carbocycles. The number of carboxylic acid groups (broad SMARTS) is 1. The van der Waals surface area contributed by atoms with E-state index in [1.54, 1.807) is 12.1 Å². The van der Waals surface area contributed by atoms with Gasteiger partial charge in [-0.3, -0.25) is 0 Å². The number of carboxylic acids is 1. The molecular formula is C15H20N2O2. The van der Waals surface area contributed by atoms with Crippen LogP contribution in [0.4, 0.5) is 0 Å². The summed E-state index contributed by atoms with van der Waals surface area (Å²) >= 11 is 0. The van der Waals surface area contributed by atoms with Crippen molar-refractivity contribution in [3.8, 4) is 0 Å². The Bertz CT molecular complexity index is 612. The molecule has 2 rings (SSSR count). The van der Waals surface area contributed by atoms with Crippen molar-refractivity contribution in [2.24, 2.45) is 0 Å². The van der Waals surface area contributed by atoms with E-state index in [9.17, 15) is 9.90 Å². The lowest BCUT2D eigenvalue weighted by Crippen LogP contribution is -2.16. The molecule has 0 bridgehead atoms. The first-order chi connectivity index (χ1) is 8.91. The molecule has 1 N–H and O–H groups in total. The fourth-order valence-electron chi connectivity index (χ4n) is 2.55. The molecule has 0 aliphatic heterocycles. The predicted octanol–water partition coefficient (Wildman–Crippen LogP) is 2.98. The van der Waals surface area contributed by atoms with Gasteiger partial charge in [0.1, 0.15) is 0 Å². The fourth-order valence-corrected chi connectivity index (χ4v) is 2.55. The summed E-state index contributed by atoms with van der Waals surface area (Å²) in [5.74, 6) is -0.873. The van der Waals surface area contributed by atoms with E-state index in [2.05, 4.69) is 29.4 Å². The largest absolute Gasteiger partial charge is 0.478 e. The molecule has 0 amide bonds. The van der Waals surface area contributed by atoms with Crippen molar-refractivity contribution < 1.29 is 9.90 Å². The molecule has 2 aromatic rings. The fraction of sp³-hybridized carbons (Fsp3) is 0.400. The lowest BCUT2D eigenvalue weighted by molar-refractivity contribution is 0.0698. The number of carbonyl (C=O) groups is 1. The monoisotopic (exact) mass is 260 g/mol. The topological polar surface area (TPSA) is 45.5 Å². The number of para-hydroxylation sites is 1. The zero-order valence-corrected chi connectivity index (χ0v) is 11.8. The molecule has 0 atom stereocenters. The second-order valence-corrected chi connectivity index (χ2v) is 5.39. The van der Waals surface area contributed by atoms with E-state index in [-0.39, 0.29) is 6.04 Å². The van der Waals surface area contributed by atoms with Crippen LogP contribution in [0.15, 0.2) is 24.3 Å². The average Bonchev–Trinajstić information content (AvgIpc) is 2.64. The summed E-state index contributed by atoms with van der Waals surface area (Å²) in [5, 5.41) is 10.3. The maximum absolute atomic E-state index is 11.4. The first kappa shape index (κ1) is 13.6. The maximum atomic E-state index is 11.4. The van der Waals surface area contributed by atoms with Gasteiger partial charge in [0, 0.05) is 23.7 Å². The van der Waals surface area contributed by atoms with Crippen molar-refractivity contribution in [2.45, 2.75) is 26.4 Å². The van der Waals surface area contributed by atoms with Crippen LogP contribution in [0.2, 0.25) is 0 Å². The van der Waals surface area contributed by atoms with Gasteiger partial charge in [-0.2, -0.15) is 0 Å².